The Morgan fingerprint density at radius 3 is 2.19 bits per heavy atom. The summed E-state index contributed by atoms with van der Waals surface area (Å²) in [4.78, 5) is 14.2. The number of hydrogen-bond donors (Lipinski definition) is 2. The molecule has 2 aromatic carbocycles. The van der Waals surface area contributed by atoms with Crippen molar-refractivity contribution in [2.45, 2.75) is 110 Å². The van der Waals surface area contributed by atoms with E-state index in [1.807, 2.05) is 12.1 Å². The van der Waals surface area contributed by atoms with Gasteiger partial charge >= 0.3 is 5.97 Å². The van der Waals surface area contributed by atoms with Crippen LogP contribution < -0.4 is 5.32 Å². The lowest BCUT2D eigenvalue weighted by Gasteiger charge is -2.72. The third kappa shape index (κ3) is 6.42. The van der Waals surface area contributed by atoms with Crippen molar-refractivity contribution in [3.63, 3.8) is 0 Å². The zero-order chi connectivity index (χ0) is 40.8. The van der Waals surface area contributed by atoms with Crippen LogP contribution in [0.1, 0.15) is 115 Å². The molecule has 2 N–H and O–H groups in total. The zero-order valence-corrected chi connectivity index (χ0v) is 36.1. The van der Waals surface area contributed by atoms with Crippen LogP contribution in [0.3, 0.4) is 0 Å². The Bertz CT molecular complexity index is 2020. The Morgan fingerprint density at radius 1 is 0.860 bits per heavy atom. The first-order valence-corrected chi connectivity index (χ1v) is 23.2. The van der Waals surface area contributed by atoms with Crippen LogP contribution >= 0.6 is 0 Å². The summed E-state index contributed by atoms with van der Waals surface area (Å²) in [7, 11) is -3.64. The van der Waals surface area contributed by atoms with E-state index in [0.717, 1.165) is 25.1 Å². The molecule has 0 aromatic heterocycles. The Kier molecular flexibility index (Phi) is 10.3. The Balaban J connectivity index is 0.977. The molecule has 57 heavy (non-hydrogen) atoms. The number of carboxylic acid groups (broad SMARTS) is 1. The van der Waals surface area contributed by atoms with Gasteiger partial charge in [0.2, 0.25) is 10.0 Å². The van der Waals surface area contributed by atoms with Crippen molar-refractivity contribution in [3.05, 3.63) is 83.7 Å². The molecule has 5 aliphatic carbocycles. The molecule has 0 spiro atoms. The van der Waals surface area contributed by atoms with Crippen LogP contribution in [0.15, 0.2) is 71.7 Å². The molecule has 6 aliphatic rings. The summed E-state index contributed by atoms with van der Waals surface area (Å²) in [5, 5.41) is 13.8. The van der Waals surface area contributed by atoms with Gasteiger partial charge in [-0.2, -0.15) is 4.31 Å². The summed E-state index contributed by atoms with van der Waals surface area (Å²) in [6.07, 6.45) is 13.5. The maximum Gasteiger partial charge on any atom is 0.335 e. The Hall–Kier alpha value is -2.85. The van der Waals surface area contributed by atoms with E-state index in [9.17, 15) is 22.7 Å². The van der Waals surface area contributed by atoms with Gasteiger partial charge in [0.1, 0.15) is 5.82 Å². The van der Waals surface area contributed by atoms with Gasteiger partial charge in [0.05, 0.1) is 10.5 Å². The predicted molar refractivity (Wildman–Crippen MR) is 226 cm³/mol. The number of rotatable bonds is 9. The number of fused-ring (bicyclic) bond motifs is 7. The lowest BCUT2D eigenvalue weighted by molar-refractivity contribution is -0.219. The van der Waals surface area contributed by atoms with Gasteiger partial charge in [-0.25, -0.2) is 17.6 Å². The largest absolute Gasteiger partial charge is 0.478 e. The highest BCUT2D eigenvalue weighted by molar-refractivity contribution is 7.89. The molecular weight excluding hydrogens is 734 g/mol. The fourth-order valence-corrected chi connectivity index (χ4v) is 16.2. The molecule has 8 rings (SSSR count). The van der Waals surface area contributed by atoms with Crippen LogP contribution in [0.2, 0.25) is 0 Å². The van der Waals surface area contributed by atoms with Crippen LogP contribution in [0.5, 0.6) is 0 Å². The normalized spacial score (nSPS) is 37.9. The number of carboxylic acids is 1. The van der Waals surface area contributed by atoms with Gasteiger partial charge in [-0.15, -0.1) is 0 Å². The van der Waals surface area contributed by atoms with E-state index in [-0.39, 0.29) is 32.1 Å². The summed E-state index contributed by atoms with van der Waals surface area (Å²) in [6.45, 7) is 23.9. The second-order valence-electron chi connectivity index (χ2n) is 20.4. The molecule has 2 aromatic rings. The smallest absolute Gasteiger partial charge is 0.335 e. The summed E-state index contributed by atoms with van der Waals surface area (Å²) in [5.41, 5.74) is 5.01. The molecule has 5 fully saturated rings. The standard InChI is InChI=1S/C48H66FN3O4S/c1-32(2)37-18-23-48(50-26-27-51-28-30-52(31-29-51)57(55,56)36-14-12-35(49)13-15-36)25-24-46(6)39(42(37)48)16-17-41-45(5)21-19-38(33-8-10-34(11-9-33)43(53)54)44(3,4)40(45)20-22-47(41,46)7/h8-15,19,37,39-42,50H,1,16-18,20-31H2,2-7H3,(H,53,54)/t37-,39+,40?,41?,42?,45-,46+,47+,48-/m0/s1. The molecule has 9 heteroatoms. The molecule has 3 unspecified atom stereocenters. The molecule has 0 radical (unpaired) electrons. The minimum absolute atomic E-state index is 0.0114. The molecule has 7 nitrogen and oxygen atoms in total. The molecule has 4 saturated carbocycles. The van der Waals surface area contributed by atoms with Gasteiger partial charge in [0, 0.05) is 44.8 Å². The third-order valence-electron chi connectivity index (χ3n) is 17.8. The summed E-state index contributed by atoms with van der Waals surface area (Å²) in [6, 6.07) is 12.7. The zero-order valence-electron chi connectivity index (χ0n) is 35.2. The maximum absolute atomic E-state index is 13.5. The molecule has 1 heterocycles. The SMILES string of the molecule is C=C(C)[C@@H]1CC[C@]2(NCCN3CCN(S(=O)(=O)c4ccc(F)cc4)CC3)CC[C@]3(C)[C@H](CCC4[C@@]5(C)CC=C(c6ccc(C(=O)O)cc6)C(C)(C)C5CC[C@]43C)C12. The highest BCUT2D eigenvalue weighted by atomic mass is 32.2. The first kappa shape index (κ1) is 40.9. The van der Waals surface area contributed by atoms with Crippen molar-refractivity contribution in [1.82, 2.24) is 14.5 Å². The number of nitrogens with zero attached hydrogens (tertiary/aromatic N) is 2. The average molecular weight is 800 g/mol. The fraction of sp³-hybridized carbons (Fsp3) is 0.646. The number of piperazine rings is 1. The van der Waals surface area contributed by atoms with Crippen LogP contribution in [0.4, 0.5) is 4.39 Å². The lowest BCUT2D eigenvalue weighted by atomic mass is 9.33. The highest BCUT2D eigenvalue weighted by Gasteiger charge is 2.70. The number of carbonyl (C=O) groups is 1. The lowest BCUT2D eigenvalue weighted by Crippen LogP contribution is -2.68. The van der Waals surface area contributed by atoms with Gasteiger partial charge in [0.15, 0.2) is 0 Å². The molecule has 1 aliphatic heterocycles. The van der Waals surface area contributed by atoms with Crippen molar-refractivity contribution in [3.8, 4) is 0 Å². The average Bonchev–Trinajstić information content (AvgIpc) is 3.55. The summed E-state index contributed by atoms with van der Waals surface area (Å²) >= 11 is 0. The second kappa shape index (κ2) is 14.4. The second-order valence-corrected chi connectivity index (χ2v) is 22.3. The van der Waals surface area contributed by atoms with E-state index >= 15 is 0 Å². The van der Waals surface area contributed by atoms with Gasteiger partial charge in [-0.1, -0.05) is 65.0 Å². The van der Waals surface area contributed by atoms with Gasteiger partial charge < -0.3 is 10.4 Å². The van der Waals surface area contributed by atoms with Crippen molar-refractivity contribution < 1.29 is 22.7 Å². The highest BCUT2D eigenvalue weighted by Crippen LogP contribution is 2.76. The monoisotopic (exact) mass is 799 g/mol. The number of aromatic carboxylic acids is 1. The van der Waals surface area contributed by atoms with E-state index in [0.29, 0.717) is 61.3 Å². The topological polar surface area (TPSA) is 90.0 Å². The van der Waals surface area contributed by atoms with Crippen LogP contribution in [-0.4, -0.2) is 73.5 Å². The summed E-state index contributed by atoms with van der Waals surface area (Å²) < 4.78 is 41.5. The van der Waals surface area contributed by atoms with E-state index in [1.54, 1.807) is 16.4 Å². The van der Waals surface area contributed by atoms with E-state index in [1.165, 1.54) is 86.8 Å². The maximum atomic E-state index is 13.5. The van der Waals surface area contributed by atoms with E-state index < -0.39 is 21.8 Å². The fourth-order valence-electron chi connectivity index (χ4n) is 14.8. The molecule has 310 valence electrons. The number of hydrogen-bond acceptors (Lipinski definition) is 5. The van der Waals surface area contributed by atoms with E-state index in [2.05, 4.69) is 64.4 Å². The van der Waals surface area contributed by atoms with E-state index in [4.69, 9.17) is 0 Å². The molecule has 0 amide bonds. The number of sulfonamides is 1. The minimum Gasteiger partial charge on any atom is -0.478 e. The van der Waals surface area contributed by atoms with Gasteiger partial charge in [-0.05, 0) is 163 Å². The van der Waals surface area contributed by atoms with Crippen molar-refractivity contribution in [2.75, 3.05) is 39.3 Å². The number of halogens is 1. The van der Waals surface area contributed by atoms with Crippen molar-refractivity contribution in [1.29, 1.82) is 0 Å². The Labute approximate surface area is 341 Å². The number of nitrogens with one attached hydrogen (secondary N) is 1. The number of allylic oxidation sites excluding steroid dienone is 3. The first-order valence-electron chi connectivity index (χ1n) is 21.8. The Morgan fingerprint density at radius 2 is 1.54 bits per heavy atom. The van der Waals surface area contributed by atoms with Crippen LogP contribution in [0.25, 0.3) is 5.57 Å². The third-order valence-corrected chi connectivity index (χ3v) is 19.7. The molecule has 1 saturated heterocycles. The van der Waals surface area contributed by atoms with Crippen molar-refractivity contribution in [2.24, 2.45) is 51.2 Å². The quantitative estimate of drug-likeness (QED) is 0.246. The van der Waals surface area contributed by atoms with Gasteiger partial charge in [-0.3, -0.25) is 4.90 Å². The molecule has 0 bridgehead atoms. The minimum atomic E-state index is -3.64. The first-order chi connectivity index (χ1) is 26.9. The number of benzene rings is 2. The summed E-state index contributed by atoms with van der Waals surface area (Å²) in [5.74, 6) is 1.63. The molecular formula is C48H66FN3O4S. The van der Waals surface area contributed by atoms with Crippen LogP contribution in [0, 0.1) is 57.1 Å². The predicted octanol–water partition coefficient (Wildman–Crippen LogP) is 9.52. The van der Waals surface area contributed by atoms with Crippen LogP contribution in [-0.2, 0) is 10.0 Å². The van der Waals surface area contributed by atoms with Gasteiger partial charge in [0.25, 0.3) is 0 Å². The molecule has 9 atom stereocenters. The van der Waals surface area contributed by atoms with Crippen molar-refractivity contribution >= 4 is 21.6 Å².